The second kappa shape index (κ2) is 4.99. The smallest absolute Gasteiger partial charge is 0.251 e. The number of hydrogen-bond donors (Lipinski definition) is 0. The van der Waals surface area contributed by atoms with Crippen molar-refractivity contribution in [3.8, 4) is 0 Å². The van der Waals surface area contributed by atoms with Crippen LogP contribution in [0.4, 0.5) is 8.78 Å². The maximum absolute atomic E-state index is 11.6. The molecule has 0 spiro atoms. The number of hydrogen-bond acceptors (Lipinski definition) is 2. The molecule has 0 saturated heterocycles. The van der Waals surface area contributed by atoms with Gasteiger partial charge in [-0.3, -0.25) is 4.90 Å². The van der Waals surface area contributed by atoms with Gasteiger partial charge in [-0.25, -0.2) is 8.78 Å². The van der Waals surface area contributed by atoms with Gasteiger partial charge >= 0.3 is 0 Å². The predicted octanol–water partition coefficient (Wildman–Crippen LogP) is 1.50. The molecule has 0 rings (SSSR count). The minimum atomic E-state index is -2.21. The summed E-state index contributed by atoms with van der Waals surface area (Å²) in [7, 11) is 1.68. The summed E-state index contributed by atoms with van der Waals surface area (Å²) in [5.41, 5.74) is 0. The molecule has 0 aliphatic carbocycles. The topological polar surface area (TPSA) is 3.24 Å². The molecule has 0 N–H and O–H groups in total. The van der Waals surface area contributed by atoms with Crippen molar-refractivity contribution < 1.29 is 8.78 Å². The van der Waals surface area contributed by atoms with E-state index in [1.54, 1.807) is 23.7 Å². The Labute approximate surface area is 58.4 Å². The SMILES string of the molecule is CSCN(C)CC(F)F. The highest BCUT2D eigenvalue weighted by Gasteiger charge is 2.05. The third-order valence-electron chi connectivity index (χ3n) is 0.799. The lowest BCUT2D eigenvalue weighted by Gasteiger charge is -2.12. The summed E-state index contributed by atoms with van der Waals surface area (Å²) in [5, 5.41) is 0. The number of rotatable bonds is 4. The number of thioether (sulfide) groups is 1. The van der Waals surface area contributed by atoms with Crippen LogP contribution >= 0.6 is 11.8 Å². The third-order valence-corrected chi connectivity index (χ3v) is 1.50. The highest BCUT2D eigenvalue weighted by atomic mass is 32.2. The zero-order valence-corrected chi connectivity index (χ0v) is 6.42. The van der Waals surface area contributed by atoms with Gasteiger partial charge in [-0.05, 0) is 13.3 Å². The lowest BCUT2D eigenvalue weighted by atomic mass is 10.6. The van der Waals surface area contributed by atoms with Gasteiger partial charge in [0.25, 0.3) is 6.43 Å². The molecule has 0 aliphatic rings. The molecule has 4 heteroatoms. The van der Waals surface area contributed by atoms with E-state index in [1.165, 1.54) is 0 Å². The van der Waals surface area contributed by atoms with E-state index in [0.29, 0.717) is 5.88 Å². The zero-order chi connectivity index (χ0) is 7.28. The van der Waals surface area contributed by atoms with Crippen LogP contribution in [0.3, 0.4) is 0 Å². The maximum Gasteiger partial charge on any atom is 0.251 e. The van der Waals surface area contributed by atoms with Crippen molar-refractivity contribution in [2.45, 2.75) is 6.43 Å². The fourth-order valence-corrected chi connectivity index (χ4v) is 1.05. The second-order valence-corrected chi connectivity index (χ2v) is 2.68. The number of nitrogens with zero attached hydrogens (tertiary/aromatic N) is 1. The first-order valence-corrected chi connectivity index (χ1v) is 4.02. The van der Waals surface area contributed by atoms with Crippen LogP contribution in [-0.4, -0.2) is 37.1 Å². The van der Waals surface area contributed by atoms with E-state index >= 15 is 0 Å². The maximum atomic E-state index is 11.6. The monoisotopic (exact) mass is 155 g/mol. The fraction of sp³-hybridized carbons (Fsp3) is 1.00. The quantitative estimate of drug-likeness (QED) is 0.566. The largest absolute Gasteiger partial charge is 0.292 e. The first kappa shape index (κ1) is 9.17. The van der Waals surface area contributed by atoms with Crippen molar-refractivity contribution in [1.29, 1.82) is 0 Å². The van der Waals surface area contributed by atoms with Gasteiger partial charge < -0.3 is 0 Å². The summed E-state index contributed by atoms with van der Waals surface area (Å²) in [6, 6.07) is 0. The molecule has 1 nitrogen and oxygen atoms in total. The lowest BCUT2D eigenvalue weighted by Crippen LogP contribution is -2.23. The van der Waals surface area contributed by atoms with Gasteiger partial charge in [-0.1, -0.05) is 0 Å². The Kier molecular flexibility index (Phi) is 5.09. The number of halogens is 2. The Bertz CT molecular complexity index is 70.0. The molecule has 0 aromatic heterocycles. The predicted molar refractivity (Wildman–Crippen MR) is 37.0 cm³/mol. The molecule has 0 heterocycles. The molecule has 0 aromatic rings. The molecule has 0 amide bonds. The van der Waals surface area contributed by atoms with Gasteiger partial charge in [0.1, 0.15) is 0 Å². The molecule has 0 radical (unpaired) electrons. The van der Waals surface area contributed by atoms with Crippen LogP contribution in [0.2, 0.25) is 0 Å². The highest BCUT2D eigenvalue weighted by molar-refractivity contribution is 7.98. The molecule has 9 heavy (non-hydrogen) atoms. The van der Waals surface area contributed by atoms with E-state index in [-0.39, 0.29) is 6.54 Å². The van der Waals surface area contributed by atoms with Crippen LogP contribution in [0, 0.1) is 0 Å². The van der Waals surface area contributed by atoms with E-state index in [2.05, 4.69) is 0 Å². The highest BCUT2D eigenvalue weighted by Crippen LogP contribution is 1.99. The Balaban J connectivity index is 3.15. The lowest BCUT2D eigenvalue weighted by molar-refractivity contribution is 0.108. The zero-order valence-electron chi connectivity index (χ0n) is 5.60. The van der Waals surface area contributed by atoms with Gasteiger partial charge in [0.15, 0.2) is 0 Å². The fourth-order valence-electron chi connectivity index (χ4n) is 0.509. The molecule has 0 saturated carbocycles. The molecule has 0 aliphatic heterocycles. The molecule has 56 valence electrons. The van der Waals surface area contributed by atoms with Crippen molar-refractivity contribution in [3.63, 3.8) is 0 Å². The second-order valence-electron chi connectivity index (χ2n) is 1.85. The summed E-state index contributed by atoms with van der Waals surface area (Å²) in [4.78, 5) is 1.59. The normalized spacial score (nSPS) is 11.3. The Morgan fingerprint density at radius 1 is 1.56 bits per heavy atom. The molecular weight excluding hydrogens is 144 g/mol. The Hall–Kier alpha value is 0.170. The standard InChI is InChI=1S/C5H11F2NS/c1-8(4-9-2)3-5(6)7/h5H,3-4H2,1-2H3. The van der Waals surface area contributed by atoms with E-state index < -0.39 is 6.43 Å². The van der Waals surface area contributed by atoms with Crippen molar-refractivity contribution in [1.82, 2.24) is 4.90 Å². The van der Waals surface area contributed by atoms with Crippen LogP contribution in [-0.2, 0) is 0 Å². The summed E-state index contributed by atoms with van der Waals surface area (Å²) in [6.45, 7) is -0.124. The van der Waals surface area contributed by atoms with E-state index in [9.17, 15) is 8.78 Å². The Morgan fingerprint density at radius 2 is 2.11 bits per heavy atom. The average molecular weight is 155 g/mol. The summed E-state index contributed by atoms with van der Waals surface area (Å²) < 4.78 is 23.1. The van der Waals surface area contributed by atoms with Crippen LogP contribution in [0.15, 0.2) is 0 Å². The average Bonchev–Trinajstić information content (AvgIpc) is 1.63. The summed E-state index contributed by atoms with van der Waals surface area (Å²) >= 11 is 1.54. The van der Waals surface area contributed by atoms with Crippen LogP contribution in [0.1, 0.15) is 0 Å². The van der Waals surface area contributed by atoms with Crippen LogP contribution < -0.4 is 0 Å². The van der Waals surface area contributed by atoms with Crippen molar-refractivity contribution in [3.05, 3.63) is 0 Å². The first-order chi connectivity index (χ1) is 4.16. The summed E-state index contributed by atoms with van der Waals surface area (Å²) in [6.07, 6.45) is -0.315. The van der Waals surface area contributed by atoms with E-state index in [1.807, 2.05) is 6.26 Å². The minimum Gasteiger partial charge on any atom is -0.292 e. The molecule has 0 bridgehead atoms. The van der Waals surface area contributed by atoms with Crippen LogP contribution in [0.25, 0.3) is 0 Å². The molecular formula is C5H11F2NS. The van der Waals surface area contributed by atoms with Gasteiger partial charge in [0.05, 0.1) is 6.54 Å². The first-order valence-electron chi connectivity index (χ1n) is 2.62. The van der Waals surface area contributed by atoms with Crippen molar-refractivity contribution >= 4 is 11.8 Å². The minimum absolute atomic E-state index is 0.124. The number of alkyl halides is 2. The Morgan fingerprint density at radius 3 is 2.44 bits per heavy atom. The molecule has 0 fully saturated rings. The van der Waals surface area contributed by atoms with Crippen molar-refractivity contribution in [2.75, 3.05) is 25.7 Å². The van der Waals surface area contributed by atoms with E-state index in [4.69, 9.17) is 0 Å². The van der Waals surface area contributed by atoms with Crippen LogP contribution in [0.5, 0.6) is 0 Å². The third kappa shape index (κ3) is 6.05. The molecule has 0 unspecified atom stereocenters. The van der Waals surface area contributed by atoms with E-state index in [0.717, 1.165) is 0 Å². The van der Waals surface area contributed by atoms with Crippen molar-refractivity contribution in [2.24, 2.45) is 0 Å². The van der Waals surface area contributed by atoms with Gasteiger partial charge in [-0.15, -0.1) is 11.8 Å². The van der Waals surface area contributed by atoms with Gasteiger partial charge in [0, 0.05) is 5.88 Å². The van der Waals surface area contributed by atoms with Gasteiger partial charge in [0.2, 0.25) is 0 Å². The molecule has 0 atom stereocenters. The summed E-state index contributed by atoms with van der Waals surface area (Å²) in [5.74, 6) is 0.671. The van der Waals surface area contributed by atoms with Gasteiger partial charge in [-0.2, -0.15) is 0 Å². The molecule has 0 aromatic carbocycles.